The van der Waals surface area contributed by atoms with Crippen molar-refractivity contribution in [3.05, 3.63) is 236 Å². The van der Waals surface area contributed by atoms with Gasteiger partial charge in [-0.2, -0.15) is 0 Å². The van der Waals surface area contributed by atoms with Crippen LogP contribution in [0.1, 0.15) is 9.60 Å². The normalized spacial score (nSPS) is 13.0. The zero-order valence-corrected chi connectivity index (χ0v) is 34.3. The van der Waals surface area contributed by atoms with Crippen LogP contribution in [0.2, 0.25) is 0 Å². The van der Waals surface area contributed by atoms with E-state index in [1.807, 2.05) is 36.4 Å². The van der Waals surface area contributed by atoms with Crippen molar-refractivity contribution < 1.29 is 9.60 Å². The molecular weight excluding hydrogens is 775 g/mol. The van der Waals surface area contributed by atoms with Crippen LogP contribution in [0, 0.1) is 0 Å². The molecule has 0 radical (unpaired) electrons. The molecule has 1 aromatic heterocycles. The minimum absolute atomic E-state index is 0.0101. The molecular formula is C61H39N3. The number of benzene rings is 11. The lowest BCUT2D eigenvalue weighted by molar-refractivity contribution is 1.08. The van der Waals surface area contributed by atoms with Crippen LogP contribution < -0.4 is 0 Å². The van der Waals surface area contributed by atoms with Gasteiger partial charge in [-0.1, -0.05) is 224 Å². The van der Waals surface area contributed by atoms with Crippen LogP contribution in [0.3, 0.4) is 0 Å². The maximum atomic E-state index is 9.09. The summed E-state index contributed by atoms with van der Waals surface area (Å²) in [6.07, 6.45) is 0. The Morgan fingerprint density at radius 2 is 0.719 bits per heavy atom. The largest absolute Gasteiger partial charge is 0.208 e. The third kappa shape index (κ3) is 6.68. The highest BCUT2D eigenvalue weighted by Crippen LogP contribution is 2.39. The Kier molecular flexibility index (Phi) is 7.50. The van der Waals surface area contributed by atoms with E-state index in [4.69, 9.17) is 24.5 Å². The lowest BCUT2D eigenvalue weighted by Crippen LogP contribution is -2.01. The lowest BCUT2D eigenvalue weighted by Gasteiger charge is -2.14. The Balaban J connectivity index is 1.03. The van der Waals surface area contributed by atoms with Crippen LogP contribution in [0.25, 0.3) is 122 Å². The second-order valence-electron chi connectivity index (χ2n) is 15.8. The minimum atomic E-state index is -0.502. The zero-order valence-electron chi connectivity index (χ0n) is 41.3. The maximum absolute atomic E-state index is 9.09. The SMILES string of the molecule is [2H]c1c([2H])c([2H])c2c(-c3cccc(-c4nc(-c5cccc(-c6ccc(-c7cccc8ccccc78)cc6)c5)nc(-c5cccc6c(-c7cccc8ccccc78)cccc56)n4)c3)c([2H])c([2H])c([2H])c2c1[2H]. The smallest absolute Gasteiger partial charge is 0.164 e. The first-order valence-electron chi connectivity index (χ1n) is 24.7. The van der Waals surface area contributed by atoms with E-state index in [1.54, 1.807) is 18.2 Å². The summed E-state index contributed by atoms with van der Waals surface area (Å²) >= 11 is 0. The third-order valence-corrected chi connectivity index (χ3v) is 12.0. The predicted octanol–water partition coefficient (Wildman–Crippen LogP) is 16.2. The molecule has 0 unspecified atom stereocenters. The molecule has 0 fully saturated rings. The Bertz CT molecular complexity index is 4140. The van der Waals surface area contributed by atoms with E-state index in [0.717, 1.165) is 60.5 Å². The van der Waals surface area contributed by atoms with Gasteiger partial charge < -0.3 is 0 Å². The van der Waals surface area contributed by atoms with Crippen molar-refractivity contribution in [2.45, 2.75) is 0 Å². The molecule has 3 heteroatoms. The number of nitrogens with zero attached hydrogens (tertiary/aromatic N) is 3. The summed E-state index contributed by atoms with van der Waals surface area (Å²) < 4.78 is 61.0. The number of fused-ring (bicyclic) bond motifs is 4. The number of aromatic nitrogens is 3. The van der Waals surface area contributed by atoms with E-state index in [0.29, 0.717) is 28.6 Å². The Morgan fingerprint density at radius 3 is 1.45 bits per heavy atom. The molecule has 0 bridgehead atoms. The number of hydrogen-bond acceptors (Lipinski definition) is 3. The van der Waals surface area contributed by atoms with E-state index in [9.17, 15) is 0 Å². The van der Waals surface area contributed by atoms with Crippen molar-refractivity contribution in [3.8, 4) is 78.7 Å². The second kappa shape index (κ2) is 15.7. The van der Waals surface area contributed by atoms with Gasteiger partial charge in [0.05, 0.1) is 9.60 Å². The van der Waals surface area contributed by atoms with Gasteiger partial charge in [0.1, 0.15) is 0 Å². The van der Waals surface area contributed by atoms with Crippen molar-refractivity contribution >= 4 is 43.1 Å². The highest BCUT2D eigenvalue weighted by molar-refractivity contribution is 6.09. The molecule has 3 nitrogen and oxygen atoms in total. The van der Waals surface area contributed by atoms with Crippen LogP contribution >= 0.6 is 0 Å². The summed E-state index contributed by atoms with van der Waals surface area (Å²) in [7, 11) is 0. The summed E-state index contributed by atoms with van der Waals surface area (Å²) in [6.45, 7) is 0. The van der Waals surface area contributed by atoms with Crippen molar-refractivity contribution in [1.82, 2.24) is 15.0 Å². The summed E-state index contributed by atoms with van der Waals surface area (Å²) in [5.74, 6) is 1.20. The van der Waals surface area contributed by atoms with Gasteiger partial charge in [0.25, 0.3) is 0 Å². The summed E-state index contributed by atoms with van der Waals surface area (Å²) in [4.78, 5) is 15.6. The quantitative estimate of drug-likeness (QED) is 0.161. The molecule has 12 rings (SSSR count). The molecule has 298 valence electrons. The van der Waals surface area contributed by atoms with Gasteiger partial charge in [-0.15, -0.1) is 0 Å². The monoisotopic (exact) mass is 820 g/mol. The second-order valence-corrected chi connectivity index (χ2v) is 15.8. The van der Waals surface area contributed by atoms with Crippen LogP contribution in [-0.4, -0.2) is 15.0 Å². The highest BCUT2D eigenvalue weighted by atomic mass is 15.0. The van der Waals surface area contributed by atoms with Crippen LogP contribution in [0.4, 0.5) is 0 Å². The van der Waals surface area contributed by atoms with Gasteiger partial charge in [0.2, 0.25) is 0 Å². The van der Waals surface area contributed by atoms with Gasteiger partial charge in [-0.25, -0.2) is 15.0 Å². The van der Waals surface area contributed by atoms with Crippen LogP contribution in [0.5, 0.6) is 0 Å². The first-order chi connectivity index (χ1) is 34.6. The van der Waals surface area contributed by atoms with Gasteiger partial charge in [-0.05, 0) is 99.7 Å². The fraction of sp³-hybridized carbons (Fsp3) is 0. The molecule has 0 amide bonds. The lowest BCUT2D eigenvalue weighted by atomic mass is 9.92. The summed E-state index contributed by atoms with van der Waals surface area (Å²) in [5, 5.41) is 6.57. The van der Waals surface area contributed by atoms with Gasteiger partial charge >= 0.3 is 0 Å². The zero-order chi connectivity index (χ0) is 48.5. The standard InChI is InChI=1S/C61H39N3/c1-4-24-49-41(14-1)17-9-27-51(49)44-36-34-40(35-37-44)45-20-7-22-47(38-45)59-62-60(48-23-8-21-46(39-48)53-28-10-18-42-15-2-5-25-50(42)53)64-61(63-59)58-33-13-31-56-55(30-12-32-57(56)58)54-29-11-19-43-16-3-6-26-52(43)54/h1-39H/i2D,5D,10D,15D,18D,25D,28D. The fourth-order valence-corrected chi connectivity index (χ4v) is 8.95. The van der Waals surface area contributed by atoms with Crippen LogP contribution in [-0.2, 0) is 0 Å². The molecule has 0 aliphatic heterocycles. The molecule has 0 saturated heterocycles. The van der Waals surface area contributed by atoms with E-state index >= 15 is 0 Å². The predicted molar refractivity (Wildman–Crippen MR) is 268 cm³/mol. The molecule has 0 N–H and O–H groups in total. The summed E-state index contributed by atoms with van der Waals surface area (Å²) in [5.41, 5.74) is 9.13. The average molecular weight is 821 g/mol. The first-order valence-corrected chi connectivity index (χ1v) is 21.2. The fourth-order valence-electron chi connectivity index (χ4n) is 8.95. The molecule has 1 heterocycles. The molecule has 64 heavy (non-hydrogen) atoms. The van der Waals surface area contributed by atoms with E-state index in [1.165, 1.54) is 16.3 Å². The first kappa shape index (κ1) is 30.5. The van der Waals surface area contributed by atoms with Gasteiger partial charge in [-0.3, -0.25) is 0 Å². The molecule has 0 aliphatic rings. The Morgan fingerprint density at radius 1 is 0.250 bits per heavy atom. The van der Waals surface area contributed by atoms with Gasteiger partial charge in [0.15, 0.2) is 17.5 Å². The molecule has 12 aromatic rings. The topological polar surface area (TPSA) is 38.7 Å². The van der Waals surface area contributed by atoms with Crippen molar-refractivity contribution in [2.75, 3.05) is 0 Å². The highest BCUT2D eigenvalue weighted by Gasteiger charge is 2.18. The molecule has 0 atom stereocenters. The third-order valence-electron chi connectivity index (χ3n) is 12.0. The Hall–Kier alpha value is -8.53. The summed E-state index contributed by atoms with van der Waals surface area (Å²) in [6, 6.07) is 62.8. The van der Waals surface area contributed by atoms with E-state index in [-0.39, 0.29) is 28.4 Å². The van der Waals surface area contributed by atoms with E-state index in [2.05, 4.69) is 140 Å². The minimum Gasteiger partial charge on any atom is -0.208 e. The number of rotatable bonds is 7. The average Bonchev–Trinajstić information content (AvgIpc) is 3.42. The van der Waals surface area contributed by atoms with Crippen molar-refractivity contribution in [3.63, 3.8) is 0 Å². The molecule has 11 aromatic carbocycles. The molecule has 0 spiro atoms. The van der Waals surface area contributed by atoms with Gasteiger partial charge in [0, 0.05) is 16.7 Å². The van der Waals surface area contributed by atoms with Crippen molar-refractivity contribution in [1.29, 1.82) is 0 Å². The van der Waals surface area contributed by atoms with Crippen molar-refractivity contribution in [2.24, 2.45) is 0 Å². The van der Waals surface area contributed by atoms with Crippen LogP contribution in [0.15, 0.2) is 236 Å². The number of hydrogen-bond donors (Lipinski definition) is 0. The molecule has 0 aliphatic carbocycles. The molecule has 0 saturated carbocycles. The Labute approximate surface area is 381 Å². The van der Waals surface area contributed by atoms with E-state index < -0.39 is 30.2 Å². The maximum Gasteiger partial charge on any atom is 0.164 e.